The van der Waals surface area contributed by atoms with Crippen LogP contribution in [0.4, 0.5) is 0 Å². The zero-order valence-electron chi connectivity index (χ0n) is 11.5. The van der Waals surface area contributed by atoms with Crippen molar-refractivity contribution in [1.82, 2.24) is 10.2 Å². The molecule has 0 aliphatic heterocycles. The van der Waals surface area contributed by atoms with Crippen LogP contribution in [0, 0.1) is 0 Å². The molecule has 0 heterocycles. The highest BCUT2D eigenvalue weighted by molar-refractivity contribution is 5.97. The fourth-order valence-electron chi connectivity index (χ4n) is 1.69. The number of carboxylic acid groups (broad SMARTS) is 1. The first-order valence-corrected chi connectivity index (χ1v) is 6.38. The number of rotatable bonds is 6. The van der Waals surface area contributed by atoms with Gasteiger partial charge >= 0.3 is 5.97 Å². The van der Waals surface area contributed by atoms with Crippen LogP contribution in [-0.4, -0.2) is 47.4 Å². The third kappa shape index (κ3) is 4.08. The molecule has 0 atom stereocenters. The number of hydrogen-bond donors (Lipinski definition) is 2. The summed E-state index contributed by atoms with van der Waals surface area (Å²) in [4.78, 5) is 35.8. The number of likely N-dealkylation sites (N-methyl/N-ethyl adjacent to an activating group) is 2. The first-order chi connectivity index (χ1) is 9.49. The highest BCUT2D eigenvalue weighted by Crippen LogP contribution is 2.08. The van der Waals surface area contributed by atoms with Gasteiger partial charge in [0.25, 0.3) is 5.91 Å². The van der Waals surface area contributed by atoms with Crippen molar-refractivity contribution in [3.8, 4) is 0 Å². The quantitative estimate of drug-likeness (QED) is 0.812. The minimum absolute atomic E-state index is 0.0101. The van der Waals surface area contributed by atoms with Crippen molar-refractivity contribution in [3.05, 3.63) is 35.4 Å². The van der Waals surface area contributed by atoms with Crippen LogP contribution >= 0.6 is 0 Å². The first-order valence-electron chi connectivity index (χ1n) is 6.38. The lowest BCUT2D eigenvalue weighted by molar-refractivity contribution is -0.121. The maximum Gasteiger partial charge on any atom is 0.335 e. The number of hydrogen-bond acceptors (Lipinski definition) is 3. The third-order valence-electron chi connectivity index (χ3n) is 2.76. The number of carboxylic acids is 1. The SMILES string of the molecule is CCNC(=O)CN(CC)C(=O)c1ccc(C(=O)O)cc1. The Morgan fingerprint density at radius 1 is 1.10 bits per heavy atom. The van der Waals surface area contributed by atoms with E-state index in [2.05, 4.69) is 5.32 Å². The van der Waals surface area contributed by atoms with Gasteiger partial charge in [-0.1, -0.05) is 0 Å². The molecule has 2 N–H and O–H groups in total. The van der Waals surface area contributed by atoms with E-state index >= 15 is 0 Å². The summed E-state index contributed by atoms with van der Waals surface area (Å²) >= 11 is 0. The summed E-state index contributed by atoms with van der Waals surface area (Å²) < 4.78 is 0. The van der Waals surface area contributed by atoms with E-state index in [1.807, 2.05) is 0 Å². The molecule has 0 aliphatic carbocycles. The van der Waals surface area contributed by atoms with Gasteiger partial charge in [0, 0.05) is 18.7 Å². The molecule has 0 unspecified atom stereocenters. The van der Waals surface area contributed by atoms with E-state index in [1.54, 1.807) is 13.8 Å². The topological polar surface area (TPSA) is 86.7 Å². The minimum Gasteiger partial charge on any atom is -0.478 e. The Hall–Kier alpha value is -2.37. The average Bonchev–Trinajstić information content (AvgIpc) is 2.44. The number of carbonyl (C=O) groups excluding carboxylic acids is 2. The van der Waals surface area contributed by atoms with Gasteiger partial charge in [0.2, 0.25) is 5.91 Å². The molecular weight excluding hydrogens is 260 g/mol. The van der Waals surface area contributed by atoms with Crippen molar-refractivity contribution in [2.24, 2.45) is 0 Å². The summed E-state index contributed by atoms with van der Waals surface area (Å²) in [6.45, 7) is 4.49. The standard InChI is InChI=1S/C14H18N2O4/c1-3-15-12(17)9-16(4-2)13(18)10-5-7-11(8-6-10)14(19)20/h5-8H,3-4,9H2,1-2H3,(H,15,17)(H,19,20). The van der Waals surface area contributed by atoms with E-state index in [-0.39, 0.29) is 23.9 Å². The molecule has 0 spiro atoms. The van der Waals surface area contributed by atoms with Gasteiger partial charge in [-0.05, 0) is 38.1 Å². The summed E-state index contributed by atoms with van der Waals surface area (Å²) in [6, 6.07) is 5.64. The van der Waals surface area contributed by atoms with E-state index in [9.17, 15) is 14.4 Å². The second-order valence-electron chi connectivity index (χ2n) is 4.16. The van der Waals surface area contributed by atoms with Crippen LogP contribution < -0.4 is 5.32 Å². The van der Waals surface area contributed by atoms with Gasteiger partial charge in [-0.15, -0.1) is 0 Å². The normalized spacial score (nSPS) is 9.90. The number of carbonyl (C=O) groups is 3. The molecule has 0 saturated heterocycles. The molecule has 1 aromatic carbocycles. The molecule has 0 bridgehead atoms. The Morgan fingerprint density at radius 2 is 1.65 bits per heavy atom. The van der Waals surface area contributed by atoms with Gasteiger partial charge in [-0.3, -0.25) is 9.59 Å². The predicted molar refractivity (Wildman–Crippen MR) is 73.7 cm³/mol. The number of aromatic carboxylic acids is 1. The van der Waals surface area contributed by atoms with E-state index in [4.69, 9.17) is 5.11 Å². The fraction of sp³-hybridized carbons (Fsp3) is 0.357. The summed E-state index contributed by atoms with van der Waals surface area (Å²) in [5.74, 6) is -1.56. The van der Waals surface area contributed by atoms with Crippen molar-refractivity contribution in [1.29, 1.82) is 0 Å². The van der Waals surface area contributed by atoms with Crippen LogP contribution in [0.25, 0.3) is 0 Å². The van der Waals surface area contributed by atoms with Gasteiger partial charge in [0.05, 0.1) is 12.1 Å². The maximum absolute atomic E-state index is 12.2. The number of amides is 2. The van der Waals surface area contributed by atoms with E-state index < -0.39 is 5.97 Å². The molecule has 1 rings (SSSR count). The van der Waals surface area contributed by atoms with Crippen molar-refractivity contribution >= 4 is 17.8 Å². The molecule has 108 valence electrons. The Bertz CT molecular complexity index is 496. The molecular formula is C14H18N2O4. The predicted octanol–water partition coefficient (Wildman–Crippen LogP) is 0.983. The zero-order valence-corrected chi connectivity index (χ0v) is 11.5. The molecule has 0 aliphatic rings. The molecule has 0 radical (unpaired) electrons. The van der Waals surface area contributed by atoms with Crippen molar-refractivity contribution < 1.29 is 19.5 Å². The van der Waals surface area contributed by atoms with Gasteiger partial charge in [0.1, 0.15) is 0 Å². The van der Waals surface area contributed by atoms with Crippen LogP contribution in [0.3, 0.4) is 0 Å². The first kappa shape index (κ1) is 15.7. The Labute approximate surface area is 117 Å². The monoisotopic (exact) mass is 278 g/mol. The van der Waals surface area contributed by atoms with Gasteiger partial charge in [-0.25, -0.2) is 4.79 Å². The lowest BCUT2D eigenvalue weighted by Crippen LogP contribution is -2.40. The summed E-state index contributed by atoms with van der Waals surface area (Å²) in [7, 11) is 0. The van der Waals surface area contributed by atoms with Crippen LogP contribution in [0.2, 0.25) is 0 Å². The smallest absolute Gasteiger partial charge is 0.335 e. The second kappa shape index (κ2) is 7.28. The van der Waals surface area contributed by atoms with Crippen molar-refractivity contribution in [2.75, 3.05) is 19.6 Å². The molecule has 0 aromatic heterocycles. The zero-order chi connectivity index (χ0) is 15.1. The number of nitrogens with zero attached hydrogens (tertiary/aromatic N) is 1. The Morgan fingerprint density at radius 3 is 2.10 bits per heavy atom. The van der Waals surface area contributed by atoms with E-state index in [1.165, 1.54) is 29.2 Å². The van der Waals surface area contributed by atoms with Crippen LogP contribution in [0.1, 0.15) is 34.6 Å². The Balaban J connectivity index is 2.80. The van der Waals surface area contributed by atoms with Gasteiger partial charge < -0.3 is 15.3 Å². The largest absolute Gasteiger partial charge is 0.478 e. The van der Waals surface area contributed by atoms with Crippen LogP contribution in [-0.2, 0) is 4.79 Å². The molecule has 0 saturated carbocycles. The lowest BCUT2D eigenvalue weighted by atomic mass is 10.1. The third-order valence-corrected chi connectivity index (χ3v) is 2.76. The summed E-state index contributed by atoms with van der Waals surface area (Å²) in [5, 5.41) is 11.4. The molecule has 6 heteroatoms. The highest BCUT2D eigenvalue weighted by atomic mass is 16.4. The van der Waals surface area contributed by atoms with Crippen LogP contribution in [0.15, 0.2) is 24.3 Å². The fourth-order valence-corrected chi connectivity index (χ4v) is 1.69. The van der Waals surface area contributed by atoms with Crippen LogP contribution in [0.5, 0.6) is 0 Å². The maximum atomic E-state index is 12.2. The molecule has 6 nitrogen and oxygen atoms in total. The van der Waals surface area contributed by atoms with Crippen molar-refractivity contribution in [2.45, 2.75) is 13.8 Å². The van der Waals surface area contributed by atoms with Crippen molar-refractivity contribution in [3.63, 3.8) is 0 Å². The lowest BCUT2D eigenvalue weighted by Gasteiger charge is -2.20. The van der Waals surface area contributed by atoms with E-state index in [0.29, 0.717) is 18.7 Å². The number of nitrogens with one attached hydrogen (secondary N) is 1. The summed E-state index contributed by atoms with van der Waals surface area (Å²) in [5.41, 5.74) is 0.481. The second-order valence-corrected chi connectivity index (χ2v) is 4.16. The molecule has 20 heavy (non-hydrogen) atoms. The molecule has 2 amide bonds. The van der Waals surface area contributed by atoms with E-state index in [0.717, 1.165) is 0 Å². The summed E-state index contributed by atoms with van der Waals surface area (Å²) in [6.07, 6.45) is 0. The highest BCUT2D eigenvalue weighted by Gasteiger charge is 2.17. The average molecular weight is 278 g/mol. The Kier molecular flexibility index (Phi) is 5.71. The minimum atomic E-state index is -1.04. The molecule has 0 fully saturated rings. The molecule has 1 aromatic rings. The number of benzene rings is 1. The van der Waals surface area contributed by atoms with Gasteiger partial charge in [0.15, 0.2) is 0 Å². The van der Waals surface area contributed by atoms with Gasteiger partial charge in [-0.2, -0.15) is 0 Å².